The Bertz CT molecular complexity index is 828. The van der Waals surface area contributed by atoms with Crippen LogP contribution in [0.3, 0.4) is 0 Å². The molecule has 5 nitrogen and oxygen atoms in total. The third kappa shape index (κ3) is 4.04. The first-order chi connectivity index (χ1) is 13.3. The molecule has 1 saturated heterocycles. The van der Waals surface area contributed by atoms with Gasteiger partial charge >= 0.3 is 0 Å². The summed E-state index contributed by atoms with van der Waals surface area (Å²) in [7, 11) is 0. The number of hydrogen-bond acceptors (Lipinski definition) is 5. The molecule has 150 valence electrons. The summed E-state index contributed by atoms with van der Waals surface area (Å²) in [4.78, 5) is 6.32. The summed E-state index contributed by atoms with van der Waals surface area (Å²) in [5.41, 5.74) is 1.71. The first kappa shape index (κ1) is 19.3. The molecule has 0 radical (unpaired) electrons. The van der Waals surface area contributed by atoms with Crippen molar-refractivity contribution in [3.63, 3.8) is 0 Å². The van der Waals surface area contributed by atoms with Crippen LogP contribution in [0.25, 0.3) is 0 Å². The Hall–Kier alpha value is -2.02. The second-order valence-corrected chi connectivity index (χ2v) is 8.58. The standard InChI is InChI=1S/C22H27FN2O3/c1-14-6-18(23)3-2-15(14)7-22(28)8-16-11-25(12-17(16)9-22)13-21(27)20-5-4-19(26)10-24-20/h2-6,10,16-17,21,26-28H,7-9,11-13H2,1H3/t16-,17?,21?,22?/m1/s1. The molecule has 4 rings (SSSR count). The van der Waals surface area contributed by atoms with Crippen LogP contribution >= 0.6 is 0 Å². The molecule has 28 heavy (non-hydrogen) atoms. The highest BCUT2D eigenvalue weighted by Gasteiger charge is 2.48. The van der Waals surface area contributed by atoms with Gasteiger partial charge in [-0.1, -0.05) is 6.07 Å². The van der Waals surface area contributed by atoms with Gasteiger partial charge < -0.3 is 15.3 Å². The molecule has 2 fully saturated rings. The van der Waals surface area contributed by atoms with E-state index in [0.717, 1.165) is 37.1 Å². The number of fused-ring (bicyclic) bond motifs is 1. The van der Waals surface area contributed by atoms with E-state index in [4.69, 9.17) is 0 Å². The predicted octanol–water partition coefficient (Wildman–Crippen LogP) is 2.58. The average molecular weight is 386 g/mol. The highest BCUT2D eigenvalue weighted by molar-refractivity contribution is 5.28. The molecule has 1 aliphatic carbocycles. The molecule has 3 unspecified atom stereocenters. The first-order valence-corrected chi connectivity index (χ1v) is 9.84. The van der Waals surface area contributed by atoms with Crippen molar-refractivity contribution < 1.29 is 19.7 Å². The Labute approximate surface area is 164 Å². The molecule has 1 aromatic carbocycles. The summed E-state index contributed by atoms with van der Waals surface area (Å²) >= 11 is 0. The highest BCUT2D eigenvalue weighted by Crippen LogP contribution is 2.45. The summed E-state index contributed by atoms with van der Waals surface area (Å²) in [6.45, 7) is 4.09. The zero-order chi connectivity index (χ0) is 19.9. The van der Waals surface area contributed by atoms with Crippen molar-refractivity contribution in [2.75, 3.05) is 19.6 Å². The molecular formula is C22H27FN2O3. The third-order valence-corrected chi connectivity index (χ3v) is 6.30. The average Bonchev–Trinajstić information content (AvgIpc) is 3.12. The fourth-order valence-electron chi connectivity index (χ4n) is 5.00. The summed E-state index contributed by atoms with van der Waals surface area (Å²) in [5.74, 6) is 0.660. The second kappa shape index (κ2) is 7.43. The van der Waals surface area contributed by atoms with Crippen LogP contribution in [0.5, 0.6) is 5.75 Å². The number of aryl methyl sites for hydroxylation is 1. The quantitative estimate of drug-likeness (QED) is 0.736. The van der Waals surface area contributed by atoms with Gasteiger partial charge in [-0.2, -0.15) is 0 Å². The van der Waals surface area contributed by atoms with E-state index in [1.807, 2.05) is 6.92 Å². The maximum absolute atomic E-state index is 13.3. The minimum Gasteiger partial charge on any atom is -0.506 e. The van der Waals surface area contributed by atoms with Crippen LogP contribution in [0.15, 0.2) is 36.5 Å². The van der Waals surface area contributed by atoms with E-state index in [9.17, 15) is 19.7 Å². The molecule has 1 saturated carbocycles. The van der Waals surface area contributed by atoms with Gasteiger partial charge in [0.2, 0.25) is 0 Å². The van der Waals surface area contributed by atoms with E-state index in [1.165, 1.54) is 24.4 Å². The Balaban J connectivity index is 1.34. The number of pyridine rings is 1. The third-order valence-electron chi connectivity index (χ3n) is 6.30. The number of hydrogen-bond donors (Lipinski definition) is 3. The lowest BCUT2D eigenvalue weighted by Crippen LogP contribution is -2.33. The number of β-amino-alcohol motifs (C(OH)–C–C–N with tert-alkyl or cyclic N) is 1. The molecule has 2 aliphatic rings. The minimum atomic E-state index is -0.735. The lowest BCUT2D eigenvalue weighted by atomic mass is 9.89. The maximum Gasteiger partial charge on any atom is 0.133 e. The first-order valence-electron chi connectivity index (χ1n) is 9.84. The van der Waals surface area contributed by atoms with E-state index < -0.39 is 11.7 Å². The number of aromatic hydroxyl groups is 1. The van der Waals surface area contributed by atoms with E-state index >= 15 is 0 Å². The molecule has 1 aromatic heterocycles. The lowest BCUT2D eigenvalue weighted by Gasteiger charge is -2.27. The van der Waals surface area contributed by atoms with Crippen LogP contribution in [0.4, 0.5) is 4.39 Å². The largest absolute Gasteiger partial charge is 0.506 e. The molecule has 3 N–H and O–H groups in total. The zero-order valence-corrected chi connectivity index (χ0v) is 16.1. The number of benzene rings is 1. The number of likely N-dealkylation sites (tertiary alicyclic amines) is 1. The van der Waals surface area contributed by atoms with Crippen LogP contribution in [0.2, 0.25) is 0 Å². The number of halogens is 1. The molecule has 4 atom stereocenters. The van der Waals surface area contributed by atoms with Gasteiger partial charge in [0.05, 0.1) is 17.5 Å². The van der Waals surface area contributed by atoms with Gasteiger partial charge in [-0.15, -0.1) is 0 Å². The van der Waals surface area contributed by atoms with Crippen LogP contribution in [0.1, 0.15) is 35.8 Å². The minimum absolute atomic E-state index is 0.0855. The molecule has 2 aromatic rings. The van der Waals surface area contributed by atoms with Crippen molar-refractivity contribution in [3.05, 3.63) is 59.2 Å². The molecule has 6 heteroatoms. The van der Waals surface area contributed by atoms with Gasteiger partial charge in [-0.05, 0) is 67.0 Å². The number of aromatic nitrogens is 1. The maximum atomic E-state index is 13.3. The van der Waals surface area contributed by atoms with Gasteiger partial charge in [0, 0.05) is 26.1 Å². The topological polar surface area (TPSA) is 76.8 Å². The van der Waals surface area contributed by atoms with Gasteiger partial charge in [-0.25, -0.2) is 4.39 Å². The highest BCUT2D eigenvalue weighted by atomic mass is 19.1. The van der Waals surface area contributed by atoms with Crippen molar-refractivity contribution in [1.29, 1.82) is 0 Å². The van der Waals surface area contributed by atoms with Gasteiger partial charge in [0.15, 0.2) is 0 Å². The molecule has 2 heterocycles. The Morgan fingerprint density at radius 1 is 1.21 bits per heavy atom. The number of nitrogens with zero attached hydrogens (tertiary/aromatic N) is 2. The van der Waals surface area contributed by atoms with Crippen molar-refractivity contribution in [3.8, 4) is 5.75 Å². The number of aliphatic hydroxyl groups excluding tert-OH is 1. The van der Waals surface area contributed by atoms with Crippen molar-refractivity contribution >= 4 is 0 Å². The molecule has 0 spiro atoms. The molecule has 0 bridgehead atoms. The lowest BCUT2D eigenvalue weighted by molar-refractivity contribution is 0.0325. The summed E-state index contributed by atoms with van der Waals surface area (Å²) in [6, 6.07) is 7.93. The second-order valence-electron chi connectivity index (χ2n) is 8.58. The van der Waals surface area contributed by atoms with Gasteiger partial charge in [0.1, 0.15) is 17.7 Å². The van der Waals surface area contributed by atoms with Crippen molar-refractivity contribution in [2.24, 2.45) is 11.8 Å². The van der Waals surface area contributed by atoms with Crippen molar-refractivity contribution in [2.45, 2.75) is 37.9 Å². The molecule has 1 aliphatic heterocycles. The SMILES string of the molecule is Cc1cc(F)ccc1CC1(O)CC2CN(CC(O)c3ccc(O)cn3)C[C@H]2C1. The van der Waals surface area contributed by atoms with E-state index in [1.54, 1.807) is 12.1 Å². The summed E-state index contributed by atoms with van der Waals surface area (Å²) in [5, 5.41) is 30.9. The fraction of sp³-hybridized carbons (Fsp3) is 0.500. The van der Waals surface area contributed by atoms with Gasteiger partial charge in [-0.3, -0.25) is 9.88 Å². The van der Waals surface area contributed by atoms with Crippen molar-refractivity contribution in [1.82, 2.24) is 9.88 Å². The Morgan fingerprint density at radius 2 is 1.93 bits per heavy atom. The van der Waals surface area contributed by atoms with Crippen LogP contribution < -0.4 is 0 Å². The van der Waals surface area contributed by atoms with Crippen LogP contribution in [-0.4, -0.2) is 50.4 Å². The van der Waals surface area contributed by atoms with E-state index in [-0.39, 0.29) is 11.6 Å². The smallest absolute Gasteiger partial charge is 0.133 e. The van der Waals surface area contributed by atoms with Crippen LogP contribution in [-0.2, 0) is 6.42 Å². The van der Waals surface area contributed by atoms with E-state index in [2.05, 4.69) is 9.88 Å². The monoisotopic (exact) mass is 386 g/mol. The van der Waals surface area contributed by atoms with Crippen LogP contribution in [0, 0.1) is 24.6 Å². The fourth-order valence-corrected chi connectivity index (χ4v) is 5.00. The summed E-state index contributed by atoms with van der Waals surface area (Å²) < 4.78 is 13.3. The van der Waals surface area contributed by atoms with Gasteiger partial charge in [0.25, 0.3) is 0 Å². The zero-order valence-electron chi connectivity index (χ0n) is 16.1. The summed E-state index contributed by atoms with van der Waals surface area (Å²) in [6.07, 6.45) is 2.68. The molecular weight excluding hydrogens is 359 g/mol. The Morgan fingerprint density at radius 3 is 2.54 bits per heavy atom. The number of rotatable bonds is 5. The predicted molar refractivity (Wildman–Crippen MR) is 103 cm³/mol. The normalized spacial score (nSPS) is 28.4. The molecule has 0 amide bonds. The number of aliphatic hydroxyl groups is 2. The van der Waals surface area contributed by atoms with E-state index in [0.29, 0.717) is 30.5 Å². The Kier molecular flexibility index (Phi) is 5.12.